The van der Waals surface area contributed by atoms with Crippen LogP contribution in [0.5, 0.6) is 0 Å². The molecule has 4 aromatic rings. The molecule has 1 aliphatic rings. The quantitative estimate of drug-likeness (QED) is 0.283. The molecule has 0 aliphatic carbocycles. The number of carbonyl (C=O) groups is 1. The van der Waals surface area contributed by atoms with Gasteiger partial charge in [-0.1, -0.05) is 41.9 Å². The molecule has 1 fully saturated rings. The van der Waals surface area contributed by atoms with Gasteiger partial charge >= 0.3 is 0 Å². The smallest absolute Gasteiger partial charge is 0.229 e. The molecule has 0 spiro atoms. The third-order valence-electron chi connectivity index (χ3n) is 6.10. The van der Waals surface area contributed by atoms with Crippen molar-refractivity contribution in [1.82, 2.24) is 20.2 Å². The highest BCUT2D eigenvalue weighted by molar-refractivity contribution is 6.35. The van der Waals surface area contributed by atoms with Gasteiger partial charge in [0.05, 0.1) is 11.1 Å². The van der Waals surface area contributed by atoms with Gasteiger partial charge in [-0.25, -0.2) is 4.98 Å². The lowest BCUT2D eigenvalue weighted by atomic mass is 10.0. The molecule has 7 nitrogen and oxygen atoms in total. The molecule has 3 heterocycles. The van der Waals surface area contributed by atoms with E-state index in [4.69, 9.17) is 28.2 Å². The van der Waals surface area contributed by atoms with Crippen molar-refractivity contribution >= 4 is 57.3 Å². The lowest BCUT2D eigenvalue weighted by molar-refractivity contribution is -0.114. The number of fused-ring (bicyclic) bond motifs is 1. The van der Waals surface area contributed by atoms with E-state index < -0.39 is 0 Å². The third kappa shape index (κ3) is 5.01. The van der Waals surface area contributed by atoms with Crippen molar-refractivity contribution in [3.05, 3.63) is 70.9 Å². The van der Waals surface area contributed by atoms with Gasteiger partial charge in [0.1, 0.15) is 5.15 Å². The van der Waals surface area contributed by atoms with Crippen LogP contribution in [-0.2, 0) is 11.2 Å². The molecule has 2 aromatic heterocycles. The summed E-state index contributed by atoms with van der Waals surface area (Å²) in [5.74, 6) is 0.277. The van der Waals surface area contributed by atoms with Crippen LogP contribution in [0, 0.1) is 0 Å². The van der Waals surface area contributed by atoms with E-state index in [1.807, 2.05) is 24.3 Å². The van der Waals surface area contributed by atoms with Crippen LogP contribution in [-0.4, -0.2) is 39.0 Å². The number of hydrogen-bond acceptors (Lipinski definition) is 6. The molecule has 1 saturated heterocycles. The number of anilines is 3. The van der Waals surface area contributed by atoms with Gasteiger partial charge in [0.25, 0.3) is 0 Å². The SMILES string of the molecule is C=CC(=O)Cc1cc(-c2nc(Nc3cccc(N4CCCCC4)c3)nc3n[nH]c(Cl)c23)ccc1Cl. The van der Waals surface area contributed by atoms with Gasteiger partial charge in [-0.3, -0.25) is 9.89 Å². The zero-order valence-electron chi connectivity index (χ0n) is 19.0. The molecule has 1 aliphatic heterocycles. The van der Waals surface area contributed by atoms with E-state index in [0.29, 0.717) is 38.4 Å². The van der Waals surface area contributed by atoms with Crippen LogP contribution >= 0.6 is 23.2 Å². The normalized spacial score (nSPS) is 13.7. The fourth-order valence-corrected chi connectivity index (χ4v) is 4.73. The Labute approximate surface area is 213 Å². The highest BCUT2D eigenvalue weighted by Gasteiger charge is 2.18. The summed E-state index contributed by atoms with van der Waals surface area (Å²) in [4.78, 5) is 23.7. The van der Waals surface area contributed by atoms with Crippen molar-refractivity contribution in [2.45, 2.75) is 25.7 Å². The number of aromatic nitrogens is 4. The number of H-pyrrole nitrogens is 1. The number of piperidine rings is 1. The summed E-state index contributed by atoms with van der Waals surface area (Å²) in [5, 5.41) is 11.8. The first-order valence-electron chi connectivity index (χ1n) is 11.5. The molecule has 0 unspecified atom stereocenters. The molecule has 0 atom stereocenters. The summed E-state index contributed by atoms with van der Waals surface area (Å²) in [6.45, 7) is 5.67. The summed E-state index contributed by atoms with van der Waals surface area (Å²) < 4.78 is 0. The van der Waals surface area contributed by atoms with Crippen molar-refractivity contribution in [3.63, 3.8) is 0 Å². The Morgan fingerprint density at radius 2 is 1.94 bits per heavy atom. The van der Waals surface area contributed by atoms with Gasteiger partial charge in [0, 0.05) is 41.5 Å². The van der Waals surface area contributed by atoms with Crippen LogP contribution in [0.3, 0.4) is 0 Å². The number of nitrogens with one attached hydrogen (secondary N) is 2. The summed E-state index contributed by atoms with van der Waals surface area (Å²) in [5.41, 5.74) is 4.52. The van der Waals surface area contributed by atoms with E-state index in [0.717, 1.165) is 24.3 Å². The first-order chi connectivity index (χ1) is 17.0. The molecule has 9 heteroatoms. The predicted octanol–water partition coefficient (Wildman–Crippen LogP) is 6.36. The number of hydrogen-bond donors (Lipinski definition) is 2. The fourth-order valence-electron chi connectivity index (χ4n) is 4.33. The van der Waals surface area contributed by atoms with Gasteiger partial charge in [0.2, 0.25) is 5.95 Å². The largest absolute Gasteiger partial charge is 0.371 e. The molecule has 2 N–H and O–H groups in total. The molecule has 178 valence electrons. The molecule has 0 amide bonds. The summed E-state index contributed by atoms with van der Waals surface area (Å²) >= 11 is 12.8. The number of carbonyl (C=O) groups excluding carboxylic acids is 1. The van der Waals surface area contributed by atoms with E-state index >= 15 is 0 Å². The molecule has 35 heavy (non-hydrogen) atoms. The number of halogens is 2. The van der Waals surface area contributed by atoms with Crippen LogP contribution < -0.4 is 10.2 Å². The minimum atomic E-state index is -0.117. The highest BCUT2D eigenvalue weighted by atomic mass is 35.5. The minimum absolute atomic E-state index is 0.117. The molecule has 2 aromatic carbocycles. The van der Waals surface area contributed by atoms with Crippen molar-refractivity contribution in [3.8, 4) is 11.3 Å². The Balaban J connectivity index is 1.52. The van der Waals surface area contributed by atoms with E-state index in [2.05, 4.69) is 44.1 Å². The maximum atomic E-state index is 12.0. The fraction of sp³-hybridized carbons (Fsp3) is 0.231. The number of ketones is 1. The van der Waals surface area contributed by atoms with Crippen LogP contribution in [0.2, 0.25) is 10.2 Å². The van der Waals surface area contributed by atoms with Gasteiger partial charge in [-0.05, 0) is 61.2 Å². The second kappa shape index (κ2) is 10.1. The zero-order chi connectivity index (χ0) is 24.4. The predicted molar refractivity (Wildman–Crippen MR) is 142 cm³/mol. The van der Waals surface area contributed by atoms with Crippen LogP contribution in [0.25, 0.3) is 22.3 Å². The average molecular weight is 507 g/mol. The van der Waals surface area contributed by atoms with E-state index in [1.54, 1.807) is 6.07 Å². The summed E-state index contributed by atoms with van der Waals surface area (Å²) in [6.07, 6.45) is 5.15. The second-order valence-electron chi connectivity index (χ2n) is 8.51. The Bertz CT molecular complexity index is 1410. The maximum Gasteiger partial charge on any atom is 0.229 e. The second-order valence-corrected chi connectivity index (χ2v) is 9.29. The first-order valence-corrected chi connectivity index (χ1v) is 12.2. The molecular formula is C26H24Cl2N6O. The summed E-state index contributed by atoms with van der Waals surface area (Å²) in [6, 6.07) is 13.7. The first kappa shape index (κ1) is 23.3. The van der Waals surface area contributed by atoms with Gasteiger partial charge in [0.15, 0.2) is 11.4 Å². The average Bonchev–Trinajstić information content (AvgIpc) is 3.26. The van der Waals surface area contributed by atoms with Gasteiger partial charge < -0.3 is 10.2 Å². The van der Waals surface area contributed by atoms with Crippen LogP contribution in [0.1, 0.15) is 24.8 Å². The number of aromatic amines is 1. The lowest BCUT2D eigenvalue weighted by Gasteiger charge is -2.29. The number of nitrogens with zero attached hydrogens (tertiary/aromatic N) is 4. The minimum Gasteiger partial charge on any atom is -0.371 e. The lowest BCUT2D eigenvalue weighted by Crippen LogP contribution is -2.29. The maximum absolute atomic E-state index is 12.0. The van der Waals surface area contributed by atoms with Gasteiger partial charge in [-0.15, -0.1) is 0 Å². The van der Waals surface area contributed by atoms with Crippen molar-refractivity contribution in [1.29, 1.82) is 0 Å². The Kier molecular flexibility index (Phi) is 6.70. The topological polar surface area (TPSA) is 86.8 Å². The van der Waals surface area contributed by atoms with E-state index in [-0.39, 0.29) is 12.2 Å². The van der Waals surface area contributed by atoms with Crippen LogP contribution in [0.15, 0.2) is 55.1 Å². The number of allylic oxidation sites excluding steroid dienone is 1. The Hall–Kier alpha value is -3.42. The van der Waals surface area contributed by atoms with Crippen LogP contribution in [0.4, 0.5) is 17.3 Å². The molecule has 0 radical (unpaired) electrons. The van der Waals surface area contributed by atoms with Crippen molar-refractivity contribution in [2.75, 3.05) is 23.3 Å². The van der Waals surface area contributed by atoms with E-state index in [9.17, 15) is 4.79 Å². The molecule has 5 rings (SSSR count). The Morgan fingerprint density at radius 3 is 2.74 bits per heavy atom. The molecule has 0 bridgehead atoms. The molecule has 0 saturated carbocycles. The summed E-state index contributed by atoms with van der Waals surface area (Å²) in [7, 11) is 0. The van der Waals surface area contributed by atoms with Gasteiger partial charge in [-0.2, -0.15) is 10.1 Å². The van der Waals surface area contributed by atoms with Crippen molar-refractivity contribution < 1.29 is 4.79 Å². The third-order valence-corrected chi connectivity index (χ3v) is 6.75. The Morgan fingerprint density at radius 1 is 1.11 bits per heavy atom. The number of rotatable bonds is 7. The standard InChI is InChI=1S/C26H24Cl2N6O/c1-2-20(35)14-17-13-16(9-10-21(17)27)23-22-24(28)32-33-25(22)31-26(30-23)29-18-7-6-8-19(15-18)34-11-4-3-5-12-34/h2,6-10,13,15H,1,3-5,11-12,14H2,(H2,29,30,31,32,33). The molecular weight excluding hydrogens is 483 g/mol. The van der Waals surface area contributed by atoms with Crippen molar-refractivity contribution in [2.24, 2.45) is 0 Å². The number of benzene rings is 2. The zero-order valence-corrected chi connectivity index (χ0v) is 20.5. The highest BCUT2D eigenvalue weighted by Crippen LogP contribution is 2.34. The van der Waals surface area contributed by atoms with E-state index in [1.165, 1.54) is 31.0 Å². The monoisotopic (exact) mass is 506 g/mol.